The minimum absolute atomic E-state index is 0.0554. The number of rotatable bonds is 3. The summed E-state index contributed by atoms with van der Waals surface area (Å²) in [6, 6.07) is 3.71. The van der Waals surface area contributed by atoms with Crippen molar-refractivity contribution in [3.05, 3.63) is 59.2 Å². The molecular weight excluding hydrogens is 346 g/mol. The molecule has 2 rings (SSSR count). The fourth-order valence-corrected chi connectivity index (χ4v) is 2.44. The molecule has 1 aromatic heterocycles. The number of nitrogens with zero attached hydrogens (tertiary/aromatic N) is 2. The van der Waals surface area contributed by atoms with E-state index in [0.717, 1.165) is 4.57 Å². The maximum atomic E-state index is 11.9. The zero-order chi connectivity index (χ0) is 15.7. The van der Waals surface area contributed by atoms with Gasteiger partial charge >= 0.3 is 5.69 Å². The Morgan fingerprint density at radius 3 is 2.62 bits per heavy atom. The van der Waals surface area contributed by atoms with Crippen molar-refractivity contribution in [3.8, 4) is 11.6 Å². The predicted molar refractivity (Wildman–Crippen MR) is 78.1 cm³/mol. The van der Waals surface area contributed by atoms with Gasteiger partial charge in [0.1, 0.15) is 0 Å². The van der Waals surface area contributed by atoms with E-state index in [0.29, 0.717) is 0 Å². The Bertz CT molecular complexity index is 840. The molecule has 0 aliphatic carbocycles. The molecule has 0 amide bonds. The lowest BCUT2D eigenvalue weighted by Crippen LogP contribution is -2.31. The van der Waals surface area contributed by atoms with E-state index in [2.05, 4.69) is 20.9 Å². The molecule has 0 bridgehead atoms. The molecule has 110 valence electrons. The topological polar surface area (TPSA) is 118 Å². The SMILES string of the molecule is CCc1c(O)n(-c2ccc([N+](=O)[O-])cc2Br)c(=O)[nH]c1=O. The Balaban J connectivity index is 2.76. The van der Waals surface area contributed by atoms with E-state index in [1.54, 1.807) is 6.92 Å². The Kier molecular flexibility index (Phi) is 3.94. The first-order valence-corrected chi connectivity index (χ1v) is 6.67. The Morgan fingerprint density at radius 2 is 2.10 bits per heavy atom. The molecule has 0 fully saturated rings. The van der Waals surface area contributed by atoms with Crippen molar-refractivity contribution in [1.29, 1.82) is 0 Å². The van der Waals surface area contributed by atoms with Crippen molar-refractivity contribution in [2.24, 2.45) is 0 Å². The van der Waals surface area contributed by atoms with Crippen LogP contribution in [0.25, 0.3) is 5.69 Å². The molecule has 1 aromatic carbocycles. The van der Waals surface area contributed by atoms with Crippen molar-refractivity contribution in [3.63, 3.8) is 0 Å². The smallest absolute Gasteiger partial charge is 0.335 e. The molecule has 0 atom stereocenters. The van der Waals surface area contributed by atoms with Gasteiger partial charge in [0.15, 0.2) is 0 Å². The van der Waals surface area contributed by atoms with Crippen LogP contribution in [0.2, 0.25) is 0 Å². The zero-order valence-electron chi connectivity index (χ0n) is 10.8. The summed E-state index contributed by atoms with van der Waals surface area (Å²) in [6.07, 6.45) is 0.228. The zero-order valence-corrected chi connectivity index (χ0v) is 12.4. The van der Waals surface area contributed by atoms with Crippen LogP contribution in [0.4, 0.5) is 5.69 Å². The molecule has 1 heterocycles. The standard InChI is InChI=1S/C12H10BrN3O5/c1-2-7-10(17)14-12(19)15(11(7)18)9-4-3-6(16(20)21)5-8(9)13/h3-5,18H,2H2,1H3,(H,14,17,19). The molecular formula is C12H10BrN3O5. The number of hydrogen-bond donors (Lipinski definition) is 2. The monoisotopic (exact) mass is 355 g/mol. The van der Waals surface area contributed by atoms with Crippen LogP contribution in [0.15, 0.2) is 32.3 Å². The number of benzene rings is 1. The van der Waals surface area contributed by atoms with Gasteiger partial charge in [-0.15, -0.1) is 0 Å². The normalized spacial score (nSPS) is 10.6. The van der Waals surface area contributed by atoms with E-state index in [9.17, 15) is 24.8 Å². The van der Waals surface area contributed by atoms with Crippen LogP contribution in [0.3, 0.4) is 0 Å². The third kappa shape index (κ3) is 2.59. The maximum Gasteiger partial charge on any atom is 0.335 e. The molecule has 9 heteroatoms. The second kappa shape index (κ2) is 5.52. The summed E-state index contributed by atoms with van der Waals surface area (Å²) in [5.41, 5.74) is -1.41. The molecule has 0 unspecified atom stereocenters. The molecule has 21 heavy (non-hydrogen) atoms. The van der Waals surface area contributed by atoms with Crippen LogP contribution in [0.5, 0.6) is 5.88 Å². The van der Waals surface area contributed by atoms with Gasteiger partial charge in [0, 0.05) is 16.6 Å². The lowest BCUT2D eigenvalue weighted by molar-refractivity contribution is -0.384. The highest BCUT2D eigenvalue weighted by atomic mass is 79.9. The summed E-state index contributed by atoms with van der Waals surface area (Å²) in [7, 11) is 0. The molecule has 0 aliphatic rings. The fraction of sp³-hybridized carbons (Fsp3) is 0.167. The van der Waals surface area contributed by atoms with Crippen molar-refractivity contribution < 1.29 is 10.0 Å². The van der Waals surface area contributed by atoms with Crippen LogP contribution < -0.4 is 11.2 Å². The first kappa shape index (κ1) is 15.0. The number of nitro benzene ring substituents is 1. The minimum atomic E-state index is -0.829. The van der Waals surface area contributed by atoms with Gasteiger partial charge in [-0.2, -0.15) is 0 Å². The Morgan fingerprint density at radius 1 is 1.43 bits per heavy atom. The van der Waals surface area contributed by atoms with E-state index < -0.39 is 22.1 Å². The highest BCUT2D eigenvalue weighted by Gasteiger charge is 2.17. The first-order chi connectivity index (χ1) is 9.86. The van der Waals surface area contributed by atoms with Crippen LogP contribution in [-0.4, -0.2) is 19.6 Å². The van der Waals surface area contributed by atoms with Crippen LogP contribution in [0.1, 0.15) is 12.5 Å². The van der Waals surface area contributed by atoms with Crippen LogP contribution in [-0.2, 0) is 6.42 Å². The molecule has 0 saturated heterocycles. The Hall–Kier alpha value is -2.42. The second-order valence-corrected chi connectivity index (χ2v) is 5.00. The fourth-order valence-electron chi connectivity index (χ4n) is 1.89. The number of nitrogens with one attached hydrogen (secondary N) is 1. The van der Waals surface area contributed by atoms with E-state index in [1.807, 2.05) is 0 Å². The number of aromatic amines is 1. The summed E-state index contributed by atoms with van der Waals surface area (Å²) in [6.45, 7) is 1.66. The number of non-ortho nitro benzene ring substituents is 1. The summed E-state index contributed by atoms with van der Waals surface area (Å²) < 4.78 is 1.12. The molecule has 0 aliphatic heterocycles. The van der Waals surface area contributed by atoms with E-state index >= 15 is 0 Å². The van der Waals surface area contributed by atoms with Crippen molar-refractivity contribution in [1.82, 2.24) is 9.55 Å². The number of nitro groups is 1. The molecule has 2 N–H and O–H groups in total. The summed E-state index contributed by atoms with van der Waals surface area (Å²) in [4.78, 5) is 35.7. The Labute approximate surface area is 126 Å². The average molecular weight is 356 g/mol. The third-order valence-corrected chi connectivity index (χ3v) is 3.55. The van der Waals surface area contributed by atoms with Crippen LogP contribution in [0, 0.1) is 10.1 Å². The lowest BCUT2D eigenvalue weighted by Gasteiger charge is -2.11. The maximum absolute atomic E-state index is 11.9. The highest BCUT2D eigenvalue weighted by molar-refractivity contribution is 9.10. The molecule has 8 nitrogen and oxygen atoms in total. The largest absolute Gasteiger partial charge is 0.494 e. The first-order valence-electron chi connectivity index (χ1n) is 5.88. The molecule has 0 spiro atoms. The van der Waals surface area contributed by atoms with Gasteiger partial charge in [0.2, 0.25) is 5.88 Å². The van der Waals surface area contributed by atoms with Crippen molar-refractivity contribution >= 4 is 21.6 Å². The average Bonchev–Trinajstić information content (AvgIpc) is 2.40. The number of halogens is 1. The van der Waals surface area contributed by atoms with E-state index in [4.69, 9.17) is 0 Å². The third-order valence-electron chi connectivity index (χ3n) is 2.92. The van der Waals surface area contributed by atoms with Crippen molar-refractivity contribution in [2.75, 3.05) is 0 Å². The van der Waals surface area contributed by atoms with Gasteiger partial charge in [0.05, 0.1) is 16.2 Å². The van der Waals surface area contributed by atoms with Gasteiger partial charge in [-0.3, -0.25) is 19.9 Å². The van der Waals surface area contributed by atoms with Gasteiger partial charge in [-0.25, -0.2) is 9.36 Å². The van der Waals surface area contributed by atoms with Crippen LogP contribution >= 0.6 is 15.9 Å². The summed E-state index contributed by atoms with van der Waals surface area (Å²) in [5, 5.41) is 20.8. The van der Waals surface area contributed by atoms with Gasteiger partial charge < -0.3 is 5.11 Å². The number of H-pyrrole nitrogens is 1. The van der Waals surface area contributed by atoms with Crippen molar-refractivity contribution in [2.45, 2.75) is 13.3 Å². The van der Waals surface area contributed by atoms with E-state index in [-0.39, 0.29) is 27.8 Å². The van der Waals surface area contributed by atoms with Gasteiger partial charge in [-0.05, 0) is 28.4 Å². The molecule has 0 radical (unpaired) electrons. The highest BCUT2D eigenvalue weighted by Crippen LogP contribution is 2.27. The second-order valence-electron chi connectivity index (χ2n) is 4.14. The lowest BCUT2D eigenvalue weighted by atomic mass is 10.2. The minimum Gasteiger partial charge on any atom is -0.494 e. The number of hydrogen-bond acceptors (Lipinski definition) is 5. The number of aromatic hydroxyl groups is 1. The summed E-state index contributed by atoms with van der Waals surface area (Å²) >= 11 is 3.12. The summed E-state index contributed by atoms with van der Waals surface area (Å²) in [5.74, 6) is -0.485. The van der Waals surface area contributed by atoms with Gasteiger partial charge in [0.25, 0.3) is 11.2 Å². The quantitative estimate of drug-likeness (QED) is 0.638. The predicted octanol–water partition coefficient (Wildman–Crippen LogP) is 1.46. The van der Waals surface area contributed by atoms with Gasteiger partial charge in [-0.1, -0.05) is 6.92 Å². The molecule has 2 aromatic rings. The number of aromatic nitrogens is 2. The molecule has 0 saturated carbocycles. The van der Waals surface area contributed by atoms with E-state index in [1.165, 1.54) is 18.2 Å².